The summed E-state index contributed by atoms with van der Waals surface area (Å²) in [5.41, 5.74) is 1.02. The molecule has 142 valence electrons. The summed E-state index contributed by atoms with van der Waals surface area (Å²) < 4.78 is 20.3. The summed E-state index contributed by atoms with van der Waals surface area (Å²) in [7, 11) is 0. The monoisotopic (exact) mass is 431 g/mol. The summed E-state index contributed by atoms with van der Waals surface area (Å²) in [6, 6.07) is 13.9. The van der Waals surface area contributed by atoms with Crippen LogP contribution in [-0.4, -0.2) is 17.0 Å². The SMILES string of the molecule is C=CC[C@@]1(c2ccc(F)cc2)C[C@@H](C)N([C@@H](C)c2ccc(Br)cc2)C(=O)O1. The van der Waals surface area contributed by atoms with E-state index >= 15 is 0 Å². The Morgan fingerprint density at radius 2 is 1.93 bits per heavy atom. The summed E-state index contributed by atoms with van der Waals surface area (Å²) >= 11 is 3.44. The first-order valence-corrected chi connectivity index (χ1v) is 9.79. The standard InChI is InChI=1S/C22H23BrFNO2/c1-4-13-22(18-7-11-20(24)12-8-18)14-15(2)25(21(26)27-22)16(3)17-5-9-19(23)10-6-17/h4-12,15-16H,1,13-14H2,2-3H3/t15-,16+,22+/m1/s1. The fourth-order valence-electron chi connectivity index (χ4n) is 3.87. The third-order valence-electron chi connectivity index (χ3n) is 5.21. The Balaban J connectivity index is 1.90. The molecule has 1 heterocycles. The van der Waals surface area contributed by atoms with Gasteiger partial charge in [0.2, 0.25) is 0 Å². The van der Waals surface area contributed by atoms with E-state index in [1.807, 2.05) is 38.1 Å². The number of ether oxygens (including phenoxy) is 1. The van der Waals surface area contributed by atoms with Gasteiger partial charge in [-0.15, -0.1) is 6.58 Å². The smallest absolute Gasteiger partial charge is 0.411 e. The molecule has 0 aliphatic carbocycles. The maximum Gasteiger partial charge on any atom is 0.411 e. The molecule has 0 N–H and O–H groups in total. The van der Waals surface area contributed by atoms with E-state index in [1.165, 1.54) is 12.1 Å². The molecule has 1 amide bonds. The molecule has 2 aromatic carbocycles. The minimum atomic E-state index is -0.818. The van der Waals surface area contributed by atoms with Gasteiger partial charge >= 0.3 is 6.09 Å². The number of benzene rings is 2. The van der Waals surface area contributed by atoms with Crippen LogP contribution < -0.4 is 0 Å². The average molecular weight is 432 g/mol. The highest BCUT2D eigenvalue weighted by molar-refractivity contribution is 9.10. The Kier molecular flexibility index (Phi) is 5.70. The summed E-state index contributed by atoms with van der Waals surface area (Å²) in [6.45, 7) is 7.84. The second kappa shape index (κ2) is 7.85. The van der Waals surface area contributed by atoms with E-state index in [2.05, 4.69) is 22.5 Å². The van der Waals surface area contributed by atoms with Gasteiger partial charge in [-0.05, 0) is 49.2 Å². The third kappa shape index (κ3) is 3.93. The van der Waals surface area contributed by atoms with Gasteiger partial charge in [0.05, 0.1) is 6.04 Å². The molecule has 1 aliphatic heterocycles. The van der Waals surface area contributed by atoms with Crippen molar-refractivity contribution in [2.45, 2.75) is 44.4 Å². The third-order valence-corrected chi connectivity index (χ3v) is 5.74. The lowest BCUT2D eigenvalue weighted by Crippen LogP contribution is -2.53. The predicted molar refractivity (Wildman–Crippen MR) is 108 cm³/mol. The molecule has 5 heteroatoms. The van der Waals surface area contributed by atoms with Gasteiger partial charge in [0, 0.05) is 23.4 Å². The van der Waals surface area contributed by atoms with Crippen LogP contribution in [0.2, 0.25) is 0 Å². The number of rotatable bonds is 5. The van der Waals surface area contributed by atoms with Crippen molar-refractivity contribution in [2.75, 3.05) is 0 Å². The van der Waals surface area contributed by atoms with Crippen molar-refractivity contribution in [3.05, 3.63) is 82.6 Å². The zero-order valence-electron chi connectivity index (χ0n) is 15.5. The van der Waals surface area contributed by atoms with Gasteiger partial charge < -0.3 is 4.74 Å². The van der Waals surface area contributed by atoms with Crippen LogP contribution in [0.25, 0.3) is 0 Å². The lowest BCUT2D eigenvalue weighted by molar-refractivity contribution is -0.0785. The molecule has 1 saturated heterocycles. The second-order valence-corrected chi connectivity index (χ2v) is 7.97. The number of amides is 1. The number of carbonyl (C=O) groups is 1. The van der Waals surface area contributed by atoms with E-state index in [0.717, 1.165) is 15.6 Å². The van der Waals surface area contributed by atoms with E-state index in [1.54, 1.807) is 23.1 Å². The fraction of sp³-hybridized carbons (Fsp3) is 0.318. The first kappa shape index (κ1) is 19.6. The molecular weight excluding hydrogens is 409 g/mol. The molecular formula is C22H23BrFNO2. The molecule has 27 heavy (non-hydrogen) atoms. The number of carbonyl (C=O) groups excluding carboxylic acids is 1. The Bertz CT molecular complexity index is 821. The largest absolute Gasteiger partial charge is 0.437 e. The Labute approximate surface area is 168 Å². The van der Waals surface area contributed by atoms with E-state index < -0.39 is 5.60 Å². The Hall–Kier alpha value is -2.14. The summed E-state index contributed by atoms with van der Waals surface area (Å²) in [6.07, 6.45) is 2.47. The zero-order chi connectivity index (χ0) is 19.6. The maximum atomic E-state index is 13.4. The van der Waals surface area contributed by atoms with Gasteiger partial charge in [0.25, 0.3) is 0 Å². The van der Waals surface area contributed by atoms with Crippen LogP contribution in [0.15, 0.2) is 65.7 Å². The Morgan fingerprint density at radius 3 is 2.48 bits per heavy atom. The highest BCUT2D eigenvalue weighted by Gasteiger charge is 2.46. The molecule has 3 atom stereocenters. The van der Waals surface area contributed by atoms with Gasteiger partial charge in [-0.1, -0.05) is 46.3 Å². The number of hydrogen-bond acceptors (Lipinski definition) is 2. The van der Waals surface area contributed by atoms with Crippen molar-refractivity contribution in [2.24, 2.45) is 0 Å². The second-order valence-electron chi connectivity index (χ2n) is 7.05. The van der Waals surface area contributed by atoms with E-state index in [-0.39, 0.29) is 24.0 Å². The summed E-state index contributed by atoms with van der Waals surface area (Å²) in [4.78, 5) is 14.8. The lowest BCUT2D eigenvalue weighted by atomic mass is 9.82. The molecule has 1 fully saturated rings. The van der Waals surface area contributed by atoms with Gasteiger partial charge in [0.15, 0.2) is 0 Å². The maximum absolute atomic E-state index is 13.4. The van der Waals surface area contributed by atoms with Crippen LogP contribution in [0.1, 0.15) is 43.9 Å². The van der Waals surface area contributed by atoms with Crippen molar-refractivity contribution >= 4 is 22.0 Å². The zero-order valence-corrected chi connectivity index (χ0v) is 17.1. The van der Waals surface area contributed by atoms with Gasteiger partial charge in [-0.3, -0.25) is 4.90 Å². The van der Waals surface area contributed by atoms with Crippen molar-refractivity contribution < 1.29 is 13.9 Å². The lowest BCUT2D eigenvalue weighted by Gasteiger charge is -2.47. The van der Waals surface area contributed by atoms with Gasteiger partial charge in [0.1, 0.15) is 11.4 Å². The number of nitrogens with zero attached hydrogens (tertiary/aromatic N) is 1. The van der Waals surface area contributed by atoms with Gasteiger partial charge in [-0.25, -0.2) is 9.18 Å². The average Bonchev–Trinajstić information content (AvgIpc) is 2.62. The molecule has 0 radical (unpaired) electrons. The van der Waals surface area contributed by atoms with E-state index in [0.29, 0.717) is 12.8 Å². The van der Waals surface area contributed by atoms with E-state index in [9.17, 15) is 9.18 Å². The van der Waals surface area contributed by atoms with Crippen LogP contribution in [0.3, 0.4) is 0 Å². The quantitative estimate of drug-likeness (QED) is 0.515. The van der Waals surface area contributed by atoms with Crippen molar-refractivity contribution in [1.29, 1.82) is 0 Å². The minimum absolute atomic E-state index is 0.0464. The number of cyclic esters (lactones) is 1. The van der Waals surface area contributed by atoms with Crippen LogP contribution in [0.4, 0.5) is 9.18 Å². The molecule has 3 rings (SSSR count). The van der Waals surface area contributed by atoms with Crippen LogP contribution in [0, 0.1) is 5.82 Å². The molecule has 0 bridgehead atoms. The molecule has 2 aromatic rings. The molecule has 0 saturated carbocycles. The van der Waals surface area contributed by atoms with Crippen LogP contribution in [0.5, 0.6) is 0 Å². The summed E-state index contributed by atoms with van der Waals surface area (Å²) in [5.74, 6) is -0.312. The molecule has 0 spiro atoms. The van der Waals surface area contributed by atoms with Crippen molar-refractivity contribution in [1.82, 2.24) is 4.90 Å². The topological polar surface area (TPSA) is 29.5 Å². The minimum Gasteiger partial charge on any atom is -0.437 e. The summed E-state index contributed by atoms with van der Waals surface area (Å²) in [5, 5.41) is 0. The highest BCUT2D eigenvalue weighted by Crippen LogP contribution is 2.42. The van der Waals surface area contributed by atoms with Crippen molar-refractivity contribution in [3.8, 4) is 0 Å². The van der Waals surface area contributed by atoms with Crippen LogP contribution >= 0.6 is 15.9 Å². The fourth-order valence-corrected chi connectivity index (χ4v) is 4.13. The predicted octanol–water partition coefficient (Wildman–Crippen LogP) is 6.35. The van der Waals surface area contributed by atoms with Gasteiger partial charge in [-0.2, -0.15) is 0 Å². The number of hydrogen-bond donors (Lipinski definition) is 0. The molecule has 0 unspecified atom stereocenters. The van der Waals surface area contributed by atoms with Crippen LogP contribution in [-0.2, 0) is 10.3 Å². The normalized spacial score (nSPS) is 23.6. The molecule has 0 aromatic heterocycles. The first-order chi connectivity index (χ1) is 12.9. The molecule has 1 aliphatic rings. The van der Waals surface area contributed by atoms with E-state index in [4.69, 9.17) is 4.74 Å². The molecule has 3 nitrogen and oxygen atoms in total. The number of halogens is 2. The van der Waals surface area contributed by atoms with Crippen molar-refractivity contribution in [3.63, 3.8) is 0 Å². The first-order valence-electron chi connectivity index (χ1n) is 9.00. The Morgan fingerprint density at radius 1 is 1.30 bits per heavy atom. The highest BCUT2D eigenvalue weighted by atomic mass is 79.9.